The van der Waals surface area contributed by atoms with Gasteiger partial charge in [0.2, 0.25) is 5.91 Å². The van der Waals surface area contributed by atoms with Crippen LogP contribution in [0.2, 0.25) is 0 Å². The molecule has 0 bridgehead atoms. The molecular formula is C28H29NO4. The van der Waals surface area contributed by atoms with Crippen LogP contribution in [0.25, 0.3) is 0 Å². The topological polar surface area (TPSA) is 55.8 Å². The van der Waals surface area contributed by atoms with Crippen molar-refractivity contribution in [1.82, 2.24) is 0 Å². The first-order valence-electron chi connectivity index (χ1n) is 11.2. The highest BCUT2D eigenvalue weighted by molar-refractivity contribution is 5.99. The number of hydrogen-bond donors (Lipinski definition) is 0. The molecule has 0 N–H and O–H groups in total. The van der Waals surface area contributed by atoms with Crippen LogP contribution in [0.1, 0.15) is 52.7 Å². The average Bonchev–Trinajstić information content (AvgIpc) is 2.86. The van der Waals surface area contributed by atoms with Crippen LogP contribution < -0.4 is 14.4 Å². The van der Waals surface area contributed by atoms with Gasteiger partial charge >= 0.3 is 0 Å². The largest absolute Gasteiger partial charge is 0.497 e. The van der Waals surface area contributed by atoms with Gasteiger partial charge in [-0.05, 0) is 91.4 Å². The molecule has 5 heteroatoms. The summed E-state index contributed by atoms with van der Waals surface area (Å²) in [5.41, 5.74) is 4.66. The van der Waals surface area contributed by atoms with E-state index in [4.69, 9.17) is 9.47 Å². The second-order valence-electron chi connectivity index (χ2n) is 8.39. The molecule has 1 atom stereocenters. The number of benzene rings is 3. The van der Waals surface area contributed by atoms with E-state index in [0.717, 1.165) is 47.6 Å². The minimum atomic E-state index is -0.241. The second kappa shape index (κ2) is 9.90. The molecule has 3 aromatic rings. The number of rotatable bonds is 7. The lowest BCUT2D eigenvalue weighted by Gasteiger charge is -2.31. The number of ketones is 1. The van der Waals surface area contributed by atoms with Gasteiger partial charge in [-0.1, -0.05) is 18.2 Å². The van der Waals surface area contributed by atoms with Crippen molar-refractivity contribution in [2.45, 2.75) is 38.6 Å². The second-order valence-corrected chi connectivity index (χ2v) is 8.39. The molecule has 0 aromatic heterocycles. The highest BCUT2D eigenvalue weighted by Gasteiger charge is 2.31. The van der Waals surface area contributed by atoms with Crippen LogP contribution in [0.5, 0.6) is 11.5 Å². The molecule has 33 heavy (non-hydrogen) atoms. The predicted octanol–water partition coefficient (Wildman–Crippen LogP) is 5.56. The van der Waals surface area contributed by atoms with Crippen molar-refractivity contribution in [2.75, 3.05) is 19.1 Å². The van der Waals surface area contributed by atoms with Gasteiger partial charge in [-0.2, -0.15) is 0 Å². The first-order valence-corrected chi connectivity index (χ1v) is 11.2. The molecule has 1 amide bonds. The molecule has 170 valence electrons. The van der Waals surface area contributed by atoms with Gasteiger partial charge in [0.25, 0.3) is 0 Å². The number of nitrogens with zero attached hydrogens (tertiary/aromatic N) is 1. The highest BCUT2D eigenvalue weighted by atomic mass is 16.5. The minimum Gasteiger partial charge on any atom is -0.497 e. The Bertz CT molecular complexity index is 1140. The summed E-state index contributed by atoms with van der Waals surface area (Å²) < 4.78 is 10.7. The molecule has 0 aliphatic heterocycles. The third-order valence-electron chi connectivity index (χ3n) is 6.32. The Morgan fingerprint density at radius 3 is 2.21 bits per heavy atom. The van der Waals surface area contributed by atoms with E-state index in [0.29, 0.717) is 12.1 Å². The van der Waals surface area contributed by atoms with E-state index in [9.17, 15) is 9.59 Å². The summed E-state index contributed by atoms with van der Waals surface area (Å²) in [6.45, 7) is 1.97. The molecule has 0 heterocycles. The normalized spacial score (nSPS) is 14.8. The van der Waals surface area contributed by atoms with Gasteiger partial charge in [-0.25, -0.2) is 0 Å². The first-order chi connectivity index (χ1) is 16.0. The molecule has 0 saturated heterocycles. The molecule has 3 aromatic carbocycles. The first kappa shape index (κ1) is 22.6. The third kappa shape index (κ3) is 4.92. The summed E-state index contributed by atoms with van der Waals surface area (Å²) in [7, 11) is 3.28. The lowest BCUT2D eigenvalue weighted by molar-refractivity contribution is -0.120. The van der Waals surface area contributed by atoms with E-state index >= 15 is 0 Å². The summed E-state index contributed by atoms with van der Waals surface area (Å²) >= 11 is 0. The molecular weight excluding hydrogens is 414 g/mol. The summed E-state index contributed by atoms with van der Waals surface area (Å²) in [4.78, 5) is 27.6. The molecule has 4 rings (SSSR count). The fraction of sp³-hybridized carbons (Fsp3) is 0.286. The molecule has 0 fully saturated rings. The van der Waals surface area contributed by atoms with Gasteiger partial charge in [0.1, 0.15) is 11.5 Å². The number of Topliss-reactive ketones (excluding diaryl/α,β-unsaturated/α-hetero) is 1. The van der Waals surface area contributed by atoms with Crippen molar-refractivity contribution < 1.29 is 19.1 Å². The van der Waals surface area contributed by atoms with E-state index < -0.39 is 0 Å². The number of anilines is 1. The number of methoxy groups -OCH3 is 2. The zero-order valence-electron chi connectivity index (χ0n) is 19.3. The lowest BCUT2D eigenvalue weighted by atomic mass is 9.81. The summed E-state index contributed by atoms with van der Waals surface area (Å²) in [5.74, 6) is 1.35. The number of carbonyl (C=O) groups is 2. The SMILES string of the molecule is COc1ccc(CN(C(=O)C2CCCc3ccc(OC)cc32)c2ccc(C(C)=O)cc2)cc1. The van der Waals surface area contributed by atoms with Crippen molar-refractivity contribution in [3.05, 3.63) is 89.0 Å². The Morgan fingerprint density at radius 2 is 1.58 bits per heavy atom. The molecule has 0 spiro atoms. The Balaban J connectivity index is 1.71. The zero-order chi connectivity index (χ0) is 23.4. The number of carbonyl (C=O) groups excluding carboxylic acids is 2. The van der Waals surface area contributed by atoms with Crippen LogP contribution >= 0.6 is 0 Å². The van der Waals surface area contributed by atoms with E-state index in [1.807, 2.05) is 53.4 Å². The highest BCUT2D eigenvalue weighted by Crippen LogP contribution is 2.37. The van der Waals surface area contributed by atoms with Gasteiger partial charge in [-0.15, -0.1) is 0 Å². The lowest BCUT2D eigenvalue weighted by Crippen LogP contribution is -2.36. The summed E-state index contributed by atoms with van der Waals surface area (Å²) in [5, 5.41) is 0. The number of ether oxygens (including phenoxy) is 2. The van der Waals surface area contributed by atoms with Gasteiger partial charge in [-0.3, -0.25) is 9.59 Å². The van der Waals surface area contributed by atoms with E-state index in [2.05, 4.69) is 6.07 Å². The van der Waals surface area contributed by atoms with E-state index in [1.54, 1.807) is 33.3 Å². The van der Waals surface area contributed by atoms with Crippen LogP contribution in [0.3, 0.4) is 0 Å². The number of fused-ring (bicyclic) bond motifs is 1. The number of amides is 1. The molecule has 0 saturated carbocycles. The fourth-order valence-electron chi connectivity index (χ4n) is 4.43. The van der Waals surface area contributed by atoms with Crippen LogP contribution in [0, 0.1) is 0 Å². The monoisotopic (exact) mass is 443 g/mol. The van der Waals surface area contributed by atoms with Crippen molar-refractivity contribution in [2.24, 2.45) is 0 Å². The maximum absolute atomic E-state index is 14.0. The number of hydrogen-bond acceptors (Lipinski definition) is 4. The summed E-state index contributed by atoms with van der Waals surface area (Å²) in [6, 6.07) is 21.1. The molecule has 1 unspecified atom stereocenters. The van der Waals surface area contributed by atoms with Crippen molar-refractivity contribution >= 4 is 17.4 Å². The zero-order valence-corrected chi connectivity index (χ0v) is 19.3. The van der Waals surface area contributed by atoms with Crippen molar-refractivity contribution in [3.8, 4) is 11.5 Å². The Labute approximate surface area is 194 Å². The van der Waals surface area contributed by atoms with Crippen LogP contribution in [0.4, 0.5) is 5.69 Å². The van der Waals surface area contributed by atoms with E-state index in [-0.39, 0.29) is 17.6 Å². The predicted molar refractivity (Wildman–Crippen MR) is 129 cm³/mol. The molecule has 1 aliphatic rings. The quantitative estimate of drug-likeness (QED) is 0.449. The van der Waals surface area contributed by atoms with Gasteiger partial charge < -0.3 is 14.4 Å². The number of aryl methyl sites for hydroxylation is 1. The summed E-state index contributed by atoms with van der Waals surface area (Å²) in [6.07, 6.45) is 2.73. The minimum absolute atomic E-state index is 0.00267. The smallest absolute Gasteiger partial charge is 0.234 e. The van der Waals surface area contributed by atoms with Crippen LogP contribution in [0.15, 0.2) is 66.7 Å². The fourth-order valence-corrected chi connectivity index (χ4v) is 4.43. The maximum atomic E-state index is 14.0. The van der Waals surface area contributed by atoms with Crippen LogP contribution in [-0.4, -0.2) is 25.9 Å². The third-order valence-corrected chi connectivity index (χ3v) is 6.32. The van der Waals surface area contributed by atoms with Gasteiger partial charge in [0, 0.05) is 11.3 Å². The Morgan fingerprint density at radius 1 is 0.909 bits per heavy atom. The average molecular weight is 444 g/mol. The molecule has 1 aliphatic carbocycles. The Kier molecular flexibility index (Phi) is 6.78. The van der Waals surface area contributed by atoms with Crippen molar-refractivity contribution in [1.29, 1.82) is 0 Å². The van der Waals surface area contributed by atoms with Gasteiger partial charge in [0.15, 0.2) is 5.78 Å². The Hall–Kier alpha value is -3.60. The van der Waals surface area contributed by atoms with Crippen molar-refractivity contribution in [3.63, 3.8) is 0 Å². The molecule has 0 radical (unpaired) electrons. The standard InChI is InChI=1S/C28H29NO4/c1-19(30)21-9-12-23(13-10-21)29(18-20-7-14-24(32-2)15-8-20)28(31)26-6-4-5-22-11-16-25(33-3)17-27(22)26/h7-17,26H,4-6,18H2,1-3H3. The maximum Gasteiger partial charge on any atom is 0.234 e. The van der Waals surface area contributed by atoms with Gasteiger partial charge in [0.05, 0.1) is 26.7 Å². The molecule has 5 nitrogen and oxygen atoms in total. The van der Waals surface area contributed by atoms with Crippen LogP contribution in [-0.2, 0) is 17.8 Å². The van der Waals surface area contributed by atoms with E-state index in [1.165, 1.54) is 5.56 Å².